The zero-order valence-corrected chi connectivity index (χ0v) is 12.6. The van der Waals surface area contributed by atoms with Crippen LogP contribution in [0.25, 0.3) is 0 Å². The number of amides is 2. The molecular weight excluding hydrogens is 300 g/mol. The predicted molar refractivity (Wildman–Crippen MR) is 73.9 cm³/mol. The minimum Gasteiger partial charge on any atom is -0.388 e. The third kappa shape index (κ3) is 4.73. The first kappa shape index (κ1) is 17.3. The molecule has 128 valence electrons. The molecule has 3 N–H and O–H groups in total. The van der Waals surface area contributed by atoms with Crippen LogP contribution in [0, 0.1) is 0 Å². The van der Waals surface area contributed by atoms with Gasteiger partial charge >= 0.3 is 6.03 Å². The lowest BCUT2D eigenvalue weighted by Crippen LogP contribution is -2.50. The Morgan fingerprint density at radius 3 is 2.95 bits per heavy atom. The van der Waals surface area contributed by atoms with Crippen molar-refractivity contribution in [3.63, 3.8) is 0 Å². The van der Waals surface area contributed by atoms with Crippen LogP contribution in [0.4, 0.5) is 13.6 Å². The molecule has 0 spiro atoms. The zero-order chi connectivity index (χ0) is 16.2. The lowest BCUT2D eigenvalue weighted by atomic mass is 10.1. The molecule has 2 fully saturated rings. The van der Waals surface area contributed by atoms with Crippen LogP contribution in [0.2, 0.25) is 0 Å². The molecule has 0 aromatic heterocycles. The molecule has 2 aliphatic heterocycles. The monoisotopic (exact) mass is 323 g/mol. The largest absolute Gasteiger partial charge is 0.388 e. The number of halogens is 2. The van der Waals surface area contributed by atoms with Gasteiger partial charge < -0.3 is 25.2 Å². The lowest BCUT2D eigenvalue weighted by Gasteiger charge is -2.23. The Kier molecular flexibility index (Phi) is 5.90. The van der Waals surface area contributed by atoms with E-state index in [0.29, 0.717) is 13.2 Å². The summed E-state index contributed by atoms with van der Waals surface area (Å²) in [6, 6.07) is -0.964. The number of rotatable bonds is 6. The maximum Gasteiger partial charge on any atom is 0.315 e. The van der Waals surface area contributed by atoms with Gasteiger partial charge in [0.1, 0.15) is 6.10 Å². The van der Waals surface area contributed by atoms with Gasteiger partial charge in [-0.2, -0.15) is 0 Å². The summed E-state index contributed by atoms with van der Waals surface area (Å²) in [5, 5.41) is 15.3. The Labute approximate surface area is 127 Å². The van der Waals surface area contributed by atoms with Gasteiger partial charge in [-0.3, -0.25) is 4.90 Å². The van der Waals surface area contributed by atoms with Crippen LogP contribution < -0.4 is 10.6 Å². The number of alkyl halides is 2. The Hall–Kier alpha value is -1.03. The summed E-state index contributed by atoms with van der Waals surface area (Å²) in [6.07, 6.45) is -1.65. The smallest absolute Gasteiger partial charge is 0.315 e. The number of methoxy groups -OCH3 is 1. The van der Waals surface area contributed by atoms with E-state index in [1.807, 2.05) is 0 Å². The standard InChI is InChI=1S/C13H23F2N3O4/c1-21-5-3-16-12(20)17-9-7-22-10(11(9)19)6-18-4-2-13(14,15)8-18/h9-11,19H,2-8H2,1H3,(H2,16,17,20)/t9-,10-,11+/m0/s1. The highest BCUT2D eigenvalue weighted by molar-refractivity contribution is 5.74. The summed E-state index contributed by atoms with van der Waals surface area (Å²) >= 11 is 0. The van der Waals surface area contributed by atoms with Crippen molar-refractivity contribution in [2.75, 3.05) is 46.5 Å². The summed E-state index contributed by atoms with van der Waals surface area (Å²) in [5.41, 5.74) is 0. The van der Waals surface area contributed by atoms with Crippen molar-refractivity contribution < 1.29 is 28.2 Å². The van der Waals surface area contributed by atoms with Crippen molar-refractivity contribution >= 4 is 6.03 Å². The van der Waals surface area contributed by atoms with Crippen molar-refractivity contribution in [1.29, 1.82) is 0 Å². The van der Waals surface area contributed by atoms with Crippen LogP contribution in [-0.2, 0) is 9.47 Å². The number of aliphatic hydroxyl groups is 1. The quantitative estimate of drug-likeness (QED) is 0.569. The van der Waals surface area contributed by atoms with Crippen molar-refractivity contribution in [2.45, 2.75) is 30.6 Å². The molecule has 9 heteroatoms. The minimum absolute atomic E-state index is 0.160. The maximum atomic E-state index is 13.1. The van der Waals surface area contributed by atoms with Crippen molar-refractivity contribution in [2.24, 2.45) is 0 Å². The molecule has 2 saturated heterocycles. The van der Waals surface area contributed by atoms with Gasteiger partial charge in [0.25, 0.3) is 5.92 Å². The molecule has 2 heterocycles. The van der Waals surface area contributed by atoms with Gasteiger partial charge in [0.2, 0.25) is 0 Å². The van der Waals surface area contributed by atoms with E-state index in [2.05, 4.69) is 10.6 Å². The Balaban J connectivity index is 1.73. The second-order valence-corrected chi connectivity index (χ2v) is 5.70. The number of hydrogen-bond acceptors (Lipinski definition) is 5. The summed E-state index contributed by atoms with van der Waals surface area (Å²) < 4.78 is 36.5. The number of aliphatic hydroxyl groups excluding tert-OH is 1. The predicted octanol–water partition coefficient (Wildman–Crippen LogP) is -0.599. The average molecular weight is 323 g/mol. The molecule has 0 aromatic rings. The Morgan fingerprint density at radius 2 is 2.32 bits per heavy atom. The molecule has 2 aliphatic rings. The van der Waals surface area contributed by atoms with Crippen molar-refractivity contribution in [3.05, 3.63) is 0 Å². The number of likely N-dealkylation sites (tertiary alicyclic amines) is 1. The van der Waals surface area contributed by atoms with Gasteiger partial charge in [0, 0.05) is 33.2 Å². The second-order valence-electron chi connectivity index (χ2n) is 5.70. The fourth-order valence-corrected chi connectivity index (χ4v) is 2.67. The number of ether oxygens (including phenoxy) is 2. The Morgan fingerprint density at radius 1 is 1.55 bits per heavy atom. The highest BCUT2D eigenvalue weighted by atomic mass is 19.3. The minimum atomic E-state index is -2.66. The van der Waals surface area contributed by atoms with Crippen LogP contribution in [0.3, 0.4) is 0 Å². The number of carbonyl (C=O) groups is 1. The summed E-state index contributed by atoms with van der Waals surface area (Å²) in [7, 11) is 1.53. The van der Waals surface area contributed by atoms with E-state index >= 15 is 0 Å². The first-order valence-electron chi connectivity index (χ1n) is 7.34. The summed E-state index contributed by atoms with van der Waals surface area (Å²) in [6.45, 7) is 1.12. The van der Waals surface area contributed by atoms with Crippen LogP contribution >= 0.6 is 0 Å². The molecule has 0 radical (unpaired) electrons. The molecule has 0 saturated carbocycles. The summed E-state index contributed by atoms with van der Waals surface area (Å²) in [5.74, 6) is -2.66. The van der Waals surface area contributed by atoms with Crippen LogP contribution in [-0.4, -0.2) is 86.7 Å². The van der Waals surface area contributed by atoms with Gasteiger partial charge in [-0.1, -0.05) is 0 Å². The molecule has 0 bridgehead atoms. The molecule has 0 unspecified atom stereocenters. The van der Waals surface area contributed by atoms with Gasteiger partial charge in [0.15, 0.2) is 0 Å². The molecule has 22 heavy (non-hydrogen) atoms. The molecule has 2 amide bonds. The van der Waals surface area contributed by atoms with Crippen LogP contribution in [0.1, 0.15) is 6.42 Å². The normalized spacial score (nSPS) is 31.4. The maximum absolute atomic E-state index is 13.1. The first-order chi connectivity index (χ1) is 10.4. The van der Waals surface area contributed by atoms with Gasteiger partial charge in [-0.15, -0.1) is 0 Å². The van der Waals surface area contributed by atoms with Crippen LogP contribution in [0.5, 0.6) is 0 Å². The molecule has 7 nitrogen and oxygen atoms in total. The van der Waals surface area contributed by atoms with Gasteiger partial charge in [-0.25, -0.2) is 13.6 Å². The second kappa shape index (κ2) is 7.49. The fourth-order valence-electron chi connectivity index (χ4n) is 2.67. The van der Waals surface area contributed by atoms with E-state index < -0.39 is 30.2 Å². The molecule has 0 aromatic carbocycles. The number of nitrogens with zero attached hydrogens (tertiary/aromatic N) is 1. The SMILES string of the molecule is COCCNC(=O)N[C@H]1CO[C@@H](CN2CCC(F)(F)C2)[C@@H]1O. The number of hydrogen-bond donors (Lipinski definition) is 3. The third-order valence-electron chi connectivity index (χ3n) is 3.88. The number of urea groups is 1. The molecule has 3 atom stereocenters. The van der Waals surface area contributed by atoms with E-state index in [9.17, 15) is 18.7 Å². The number of carbonyl (C=O) groups excluding carboxylic acids is 1. The van der Waals surface area contributed by atoms with Crippen molar-refractivity contribution in [3.8, 4) is 0 Å². The lowest BCUT2D eigenvalue weighted by molar-refractivity contribution is -0.00728. The molecular formula is C13H23F2N3O4. The topological polar surface area (TPSA) is 83.1 Å². The average Bonchev–Trinajstić information content (AvgIpc) is 2.96. The molecule has 0 aliphatic carbocycles. The fraction of sp³-hybridized carbons (Fsp3) is 0.923. The Bertz CT molecular complexity index is 386. The van der Waals surface area contributed by atoms with Gasteiger partial charge in [0.05, 0.1) is 31.9 Å². The highest BCUT2D eigenvalue weighted by Crippen LogP contribution is 2.28. The first-order valence-corrected chi connectivity index (χ1v) is 7.34. The highest BCUT2D eigenvalue weighted by Gasteiger charge is 2.42. The number of nitrogens with one attached hydrogen (secondary N) is 2. The third-order valence-corrected chi connectivity index (χ3v) is 3.88. The van der Waals surface area contributed by atoms with E-state index in [1.54, 1.807) is 4.90 Å². The van der Waals surface area contributed by atoms with Gasteiger partial charge in [-0.05, 0) is 0 Å². The van der Waals surface area contributed by atoms with Crippen molar-refractivity contribution in [1.82, 2.24) is 15.5 Å². The van der Waals surface area contributed by atoms with E-state index in [4.69, 9.17) is 9.47 Å². The van der Waals surface area contributed by atoms with E-state index in [0.717, 1.165) is 0 Å². The molecule has 2 rings (SSSR count). The van der Waals surface area contributed by atoms with E-state index in [1.165, 1.54) is 7.11 Å². The summed E-state index contributed by atoms with van der Waals surface area (Å²) in [4.78, 5) is 13.2. The van der Waals surface area contributed by atoms with Crippen LogP contribution in [0.15, 0.2) is 0 Å². The van der Waals surface area contributed by atoms with E-state index in [-0.39, 0.29) is 32.7 Å². The zero-order valence-electron chi connectivity index (χ0n) is 12.6.